The first kappa shape index (κ1) is 20.6. The van der Waals surface area contributed by atoms with Crippen LogP contribution < -0.4 is 4.90 Å². The molecular formula is C22H16ClF3N4O2. The quantitative estimate of drug-likeness (QED) is 0.547. The minimum atomic E-state index is -4.77. The molecule has 2 atom stereocenters. The average Bonchev–Trinajstić information content (AvgIpc) is 3.22. The summed E-state index contributed by atoms with van der Waals surface area (Å²) in [4.78, 5) is 23.1. The van der Waals surface area contributed by atoms with Crippen LogP contribution >= 0.6 is 11.6 Å². The number of amides is 1. The Morgan fingerprint density at radius 3 is 2.50 bits per heavy atom. The molecule has 1 saturated heterocycles. The minimum Gasteiger partial charge on any atom is -0.433 e. The number of anilines is 2. The third-order valence-corrected chi connectivity index (χ3v) is 5.86. The van der Waals surface area contributed by atoms with Crippen LogP contribution in [0.25, 0.3) is 0 Å². The Bertz CT molecular complexity index is 1160. The highest BCUT2D eigenvalue weighted by molar-refractivity contribution is 6.31. The van der Waals surface area contributed by atoms with Crippen molar-refractivity contribution < 1.29 is 22.7 Å². The molecule has 3 heterocycles. The Morgan fingerprint density at radius 2 is 1.81 bits per heavy atom. The average molecular weight is 461 g/mol. The summed E-state index contributed by atoms with van der Waals surface area (Å²) in [5, 5.41) is 0.244. The van der Waals surface area contributed by atoms with Crippen molar-refractivity contribution in [2.45, 2.75) is 24.4 Å². The summed E-state index contributed by atoms with van der Waals surface area (Å²) < 4.78 is 49.4. The molecule has 2 aromatic carbocycles. The van der Waals surface area contributed by atoms with Crippen LogP contribution in [0.1, 0.15) is 11.1 Å². The molecule has 0 saturated carbocycles. The van der Waals surface area contributed by atoms with Gasteiger partial charge in [0.15, 0.2) is 11.6 Å². The molecule has 2 aliphatic heterocycles. The molecule has 0 N–H and O–H groups in total. The molecule has 1 amide bonds. The van der Waals surface area contributed by atoms with E-state index in [0.29, 0.717) is 0 Å². The highest BCUT2D eigenvalue weighted by atomic mass is 35.5. The zero-order valence-electron chi connectivity index (χ0n) is 16.5. The van der Waals surface area contributed by atoms with Crippen molar-refractivity contribution in [1.82, 2.24) is 14.9 Å². The number of ether oxygens (including phenoxy) is 1. The predicted octanol–water partition coefficient (Wildman–Crippen LogP) is 5.06. The maximum atomic E-state index is 14.6. The Hall–Kier alpha value is -3.33. The maximum Gasteiger partial charge on any atom is 0.413 e. The van der Waals surface area contributed by atoms with Crippen LogP contribution in [0.2, 0.25) is 5.02 Å². The molecular weight excluding hydrogens is 445 g/mol. The monoisotopic (exact) mass is 460 g/mol. The fourth-order valence-corrected chi connectivity index (χ4v) is 4.58. The van der Waals surface area contributed by atoms with Gasteiger partial charge < -0.3 is 4.74 Å². The number of fused-ring (bicyclic) bond motifs is 2. The van der Waals surface area contributed by atoms with Crippen LogP contribution in [-0.4, -0.2) is 39.7 Å². The van der Waals surface area contributed by atoms with E-state index in [2.05, 4.69) is 9.97 Å². The molecule has 2 aliphatic rings. The Labute approximate surface area is 186 Å². The van der Waals surface area contributed by atoms with E-state index in [-0.39, 0.29) is 35.3 Å². The van der Waals surface area contributed by atoms with Gasteiger partial charge in [-0.3, -0.25) is 9.80 Å². The number of alkyl halides is 3. The Balaban J connectivity index is 1.65. The predicted molar refractivity (Wildman–Crippen MR) is 110 cm³/mol. The van der Waals surface area contributed by atoms with Crippen LogP contribution in [-0.2, 0) is 16.9 Å². The SMILES string of the molecule is O=C1OC2(CN1Cc1ccccc1)c1ccc(Cl)cc1N(c1ncccn1)C2C(F)(F)F. The van der Waals surface area contributed by atoms with E-state index >= 15 is 0 Å². The minimum absolute atomic E-state index is 0.122. The molecule has 6 nitrogen and oxygen atoms in total. The van der Waals surface area contributed by atoms with Crippen molar-refractivity contribution in [3.63, 3.8) is 0 Å². The highest BCUT2D eigenvalue weighted by Crippen LogP contribution is 2.56. The molecule has 3 aromatic rings. The van der Waals surface area contributed by atoms with E-state index in [1.807, 2.05) is 6.07 Å². The zero-order valence-corrected chi connectivity index (χ0v) is 17.2. The second-order valence-corrected chi connectivity index (χ2v) is 8.06. The first-order valence-corrected chi connectivity index (χ1v) is 10.1. The van der Waals surface area contributed by atoms with Gasteiger partial charge in [-0.25, -0.2) is 14.8 Å². The summed E-state index contributed by atoms with van der Waals surface area (Å²) in [5.41, 5.74) is -0.855. The van der Waals surface area contributed by atoms with Crippen molar-refractivity contribution in [2.24, 2.45) is 0 Å². The number of benzene rings is 2. The van der Waals surface area contributed by atoms with Gasteiger partial charge in [0.05, 0.1) is 12.2 Å². The molecule has 10 heteroatoms. The van der Waals surface area contributed by atoms with Gasteiger partial charge in [0.1, 0.15) is 0 Å². The van der Waals surface area contributed by atoms with E-state index in [1.54, 1.807) is 24.3 Å². The van der Waals surface area contributed by atoms with E-state index in [4.69, 9.17) is 16.3 Å². The first-order chi connectivity index (χ1) is 15.3. The largest absolute Gasteiger partial charge is 0.433 e. The van der Waals surface area contributed by atoms with Crippen molar-refractivity contribution in [3.05, 3.63) is 83.1 Å². The van der Waals surface area contributed by atoms with Gasteiger partial charge in [0.25, 0.3) is 0 Å². The molecule has 2 unspecified atom stereocenters. The second-order valence-electron chi connectivity index (χ2n) is 7.62. The van der Waals surface area contributed by atoms with Crippen LogP contribution in [0, 0.1) is 0 Å². The fraction of sp³-hybridized carbons (Fsp3) is 0.227. The van der Waals surface area contributed by atoms with Gasteiger partial charge in [-0.05, 0) is 23.8 Å². The number of hydrogen-bond acceptors (Lipinski definition) is 5. The van der Waals surface area contributed by atoms with E-state index < -0.39 is 23.9 Å². The Morgan fingerprint density at radius 1 is 1.09 bits per heavy atom. The molecule has 164 valence electrons. The van der Waals surface area contributed by atoms with Crippen molar-refractivity contribution in [2.75, 3.05) is 11.4 Å². The summed E-state index contributed by atoms with van der Waals surface area (Å²) in [6, 6.07) is 12.7. The van der Waals surface area contributed by atoms with Crippen molar-refractivity contribution >= 4 is 29.3 Å². The third-order valence-electron chi connectivity index (χ3n) is 5.62. The lowest BCUT2D eigenvalue weighted by Crippen LogP contribution is -2.54. The lowest BCUT2D eigenvalue weighted by Gasteiger charge is -2.34. The van der Waals surface area contributed by atoms with Gasteiger partial charge in [-0.1, -0.05) is 48.0 Å². The number of carbonyl (C=O) groups excluding carboxylic acids is 1. The zero-order chi connectivity index (χ0) is 22.5. The Kier molecular flexibility index (Phi) is 4.74. The maximum absolute atomic E-state index is 14.6. The topological polar surface area (TPSA) is 58.6 Å². The van der Waals surface area contributed by atoms with Crippen molar-refractivity contribution in [3.8, 4) is 0 Å². The molecule has 1 fully saturated rings. The van der Waals surface area contributed by atoms with Crippen molar-refractivity contribution in [1.29, 1.82) is 0 Å². The van der Waals surface area contributed by atoms with Gasteiger partial charge in [-0.2, -0.15) is 13.2 Å². The number of hydrogen-bond donors (Lipinski definition) is 0. The van der Waals surface area contributed by atoms with E-state index in [0.717, 1.165) is 10.5 Å². The van der Waals surface area contributed by atoms with Gasteiger partial charge in [0.2, 0.25) is 5.95 Å². The summed E-state index contributed by atoms with van der Waals surface area (Å²) in [5.74, 6) is -0.159. The summed E-state index contributed by atoms with van der Waals surface area (Å²) in [6.07, 6.45) is -2.88. The number of aromatic nitrogens is 2. The van der Waals surface area contributed by atoms with E-state index in [1.165, 1.54) is 41.6 Å². The normalized spacial score (nSPS) is 22.4. The van der Waals surface area contributed by atoms with E-state index in [9.17, 15) is 18.0 Å². The highest BCUT2D eigenvalue weighted by Gasteiger charge is 2.69. The number of nitrogens with zero attached hydrogens (tertiary/aromatic N) is 4. The molecule has 0 aliphatic carbocycles. The lowest BCUT2D eigenvalue weighted by atomic mass is 9.88. The number of carbonyl (C=O) groups is 1. The molecule has 0 bridgehead atoms. The number of halogens is 4. The van der Waals surface area contributed by atoms with Crippen LogP contribution in [0.4, 0.5) is 29.6 Å². The molecule has 0 radical (unpaired) electrons. The number of rotatable bonds is 3. The van der Waals surface area contributed by atoms with Crippen LogP contribution in [0.3, 0.4) is 0 Å². The lowest BCUT2D eigenvalue weighted by molar-refractivity contribution is -0.183. The van der Waals surface area contributed by atoms with Gasteiger partial charge >= 0.3 is 12.3 Å². The van der Waals surface area contributed by atoms with Crippen LogP contribution in [0.5, 0.6) is 0 Å². The molecule has 1 aromatic heterocycles. The summed E-state index contributed by atoms with van der Waals surface area (Å²) in [7, 11) is 0. The van der Waals surface area contributed by atoms with Crippen LogP contribution in [0.15, 0.2) is 67.0 Å². The molecule has 32 heavy (non-hydrogen) atoms. The molecule has 5 rings (SSSR count). The second kappa shape index (κ2) is 7.37. The first-order valence-electron chi connectivity index (χ1n) is 9.74. The summed E-state index contributed by atoms with van der Waals surface area (Å²) >= 11 is 6.13. The molecule has 1 spiro atoms. The van der Waals surface area contributed by atoms with Gasteiger partial charge in [0, 0.05) is 29.5 Å². The standard InChI is InChI=1S/C22H16ClF3N4O2/c23-15-7-8-16-17(11-15)30(19-27-9-4-10-28-19)18(22(24,25)26)21(16)13-29(20(31)32-21)12-14-5-2-1-3-6-14/h1-11,18H,12-13H2. The third kappa shape index (κ3) is 3.24. The summed E-state index contributed by atoms with van der Waals surface area (Å²) in [6.45, 7) is -0.167. The smallest absolute Gasteiger partial charge is 0.413 e. The van der Waals surface area contributed by atoms with Gasteiger partial charge in [-0.15, -0.1) is 0 Å². The fourth-order valence-electron chi connectivity index (χ4n) is 4.41.